The molecule has 0 aliphatic rings. The second-order valence-electron chi connectivity index (χ2n) is 4.58. The summed E-state index contributed by atoms with van der Waals surface area (Å²) in [6, 6.07) is -1.38. The molecule has 6 heteroatoms. The Morgan fingerprint density at radius 2 is 1.89 bits per heavy atom. The van der Waals surface area contributed by atoms with E-state index in [1.54, 1.807) is 0 Å². The zero-order valence-corrected chi connectivity index (χ0v) is 11.8. The highest BCUT2D eigenvalue weighted by Gasteiger charge is 2.24. The van der Waals surface area contributed by atoms with Gasteiger partial charge in [-0.25, -0.2) is 9.59 Å². The Balaban J connectivity index is 4.45. The maximum absolute atomic E-state index is 11.9. The zero-order valence-electron chi connectivity index (χ0n) is 11.8. The molecular weight excluding hydrogens is 236 g/mol. The van der Waals surface area contributed by atoms with Gasteiger partial charge in [-0.2, -0.15) is 0 Å². The van der Waals surface area contributed by atoms with Crippen molar-refractivity contribution in [3.63, 3.8) is 0 Å². The number of aliphatic carboxylic acids is 1. The smallest absolute Gasteiger partial charge is 0.326 e. The summed E-state index contributed by atoms with van der Waals surface area (Å²) in [4.78, 5) is 23.8. The molecule has 0 saturated carbocycles. The van der Waals surface area contributed by atoms with Crippen molar-refractivity contribution >= 4 is 12.0 Å². The summed E-state index contributed by atoms with van der Waals surface area (Å²) in [5.74, 6) is -0.812. The molecule has 0 aromatic rings. The van der Waals surface area contributed by atoms with Crippen molar-refractivity contribution in [2.24, 2.45) is 5.92 Å². The third kappa shape index (κ3) is 5.35. The summed E-state index contributed by atoms with van der Waals surface area (Å²) in [5.41, 5.74) is 0. The number of nitrogens with one attached hydrogen (secondary N) is 1. The minimum atomic E-state index is -1.03. The highest BCUT2D eigenvalue weighted by Crippen LogP contribution is 2.04. The fraction of sp³-hybridized carbons (Fsp3) is 0.833. The van der Waals surface area contributed by atoms with Gasteiger partial charge in [-0.3, -0.25) is 0 Å². The van der Waals surface area contributed by atoms with Crippen LogP contribution in [0.25, 0.3) is 0 Å². The van der Waals surface area contributed by atoms with Crippen molar-refractivity contribution in [2.75, 3.05) is 20.3 Å². The number of nitrogens with zero attached hydrogens (tertiary/aromatic N) is 1. The molecule has 2 amide bonds. The summed E-state index contributed by atoms with van der Waals surface area (Å²) < 4.78 is 5.30. The molecule has 0 heterocycles. The molecule has 0 saturated heterocycles. The number of carboxylic acid groups (broad SMARTS) is 1. The minimum absolute atomic E-state index is 0.124. The van der Waals surface area contributed by atoms with Crippen LogP contribution in [0.3, 0.4) is 0 Å². The van der Waals surface area contributed by atoms with Crippen LogP contribution in [0.5, 0.6) is 0 Å². The SMILES string of the molecule is CCOCC(NC(=O)N(C)C(C)C(=O)O)C(C)C. The van der Waals surface area contributed by atoms with E-state index in [-0.39, 0.29) is 12.0 Å². The first-order valence-corrected chi connectivity index (χ1v) is 6.15. The van der Waals surface area contributed by atoms with Crippen LogP contribution in [0.4, 0.5) is 4.79 Å². The molecule has 18 heavy (non-hydrogen) atoms. The summed E-state index contributed by atoms with van der Waals surface area (Å²) in [6.45, 7) is 8.32. The van der Waals surface area contributed by atoms with E-state index in [1.807, 2.05) is 20.8 Å². The highest BCUT2D eigenvalue weighted by molar-refractivity contribution is 5.82. The number of carboxylic acids is 1. The predicted molar refractivity (Wildman–Crippen MR) is 68.5 cm³/mol. The van der Waals surface area contributed by atoms with Crippen LogP contribution in [0.15, 0.2) is 0 Å². The van der Waals surface area contributed by atoms with Gasteiger partial charge in [0.2, 0.25) is 0 Å². The number of carbonyl (C=O) groups is 2. The van der Waals surface area contributed by atoms with Gasteiger partial charge in [0, 0.05) is 13.7 Å². The van der Waals surface area contributed by atoms with Crippen molar-refractivity contribution in [1.82, 2.24) is 10.2 Å². The molecule has 2 N–H and O–H groups in total. The first kappa shape index (κ1) is 16.7. The first-order chi connectivity index (χ1) is 8.31. The van der Waals surface area contributed by atoms with Gasteiger partial charge in [-0.05, 0) is 19.8 Å². The predicted octanol–water partition coefficient (Wildman–Crippen LogP) is 1.16. The fourth-order valence-electron chi connectivity index (χ4n) is 1.25. The van der Waals surface area contributed by atoms with E-state index >= 15 is 0 Å². The van der Waals surface area contributed by atoms with Crippen molar-refractivity contribution in [2.45, 2.75) is 39.8 Å². The molecule has 0 aliphatic carbocycles. The Hall–Kier alpha value is -1.30. The molecule has 0 fully saturated rings. The summed E-state index contributed by atoms with van der Waals surface area (Å²) >= 11 is 0. The summed E-state index contributed by atoms with van der Waals surface area (Å²) in [6.07, 6.45) is 0. The second kappa shape index (κ2) is 7.92. The van der Waals surface area contributed by atoms with Gasteiger partial charge >= 0.3 is 12.0 Å². The number of urea groups is 1. The van der Waals surface area contributed by atoms with Crippen LogP contribution in [0.1, 0.15) is 27.7 Å². The Morgan fingerprint density at radius 3 is 2.28 bits per heavy atom. The lowest BCUT2D eigenvalue weighted by Crippen LogP contribution is -2.51. The maximum atomic E-state index is 11.9. The number of rotatable bonds is 7. The monoisotopic (exact) mass is 260 g/mol. The van der Waals surface area contributed by atoms with Gasteiger partial charge in [0.1, 0.15) is 6.04 Å². The number of carbonyl (C=O) groups excluding carboxylic acids is 1. The molecule has 0 aliphatic heterocycles. The van der Waals surface area contributed by atoms with Crippen molar-refractivity contribution in [3.05, 3.63) is 0 Å². The fourth-order valence-corrected chi connectivity index (χ4v) is 1.25. The largest absolute Gasteiger partial charge is 0.480 e. The molecule has 0 aromatic carbocycles. The van der Waals surface area contributed by atoms with Gasteiger partial charge in [0.25, 0.3) is 0 Å². The van der Waals surface area contributed by atoms with Crippen molar-refractivity contribution in [3.8, 4) is 0 Å². The minimum Gasteiger partial charge on any atom is -0.480 e. The molecule has 0 aromatic heterocycles. The number of ether oxygens (including phenoxy) is 1. The van der Waals surface area contributed by atoms with Gasteiger partial charge in [-0.15, -0.1) is 0 Å². The molecule has 0 bridgehead atoms. The van der Waals surface area contributed by atoms with Crippen LogP contribution in [0.2, 0.25) is 0 Å². The number of amides is 2. The third-order valence-corrected chi connectivity index (χ3v) is 2.87. The third-order valence-electron chi connectivity index (χ3n) is 2.87. The van der Waals surface area contributed by atoms with E-state index in [0.717, 1.165) is 0 Å². The lowest BCUT2D eigenvalue weighted by molar-refractivity contribution is -0.141. The van der Waals surface area contributed by atoms with Crippen molar-refractivity contribution in [1.29, 1.82) is 0 Å². The Labute approximate surface area is 108 Å². The van der Waals surface area contributed by atoms with E-state index in [1.165, 1.54) is 18.9 Å². The van der Waals surface area contributed by atoms with Crippen LogP contribution < -0.4 is 5.32 Å². The number of likely N-dealkylation sites (N-methyl/N-ethyl adjacent to an activating group) is 1. The zero-order chi connectivity index (χ0) is 14.3. The van der Waals surface area contributed by atoms with Crippen LogP contribution in [0, 0.1) is 5.92 Å². The molecule has 6 nitrogen and oxygen atoms in total. The van der Waals surface area contributed by atoms with Crippen molar-refractivity contribution < 1.29 is 19.4 Å². The number of hydrogen-bond donors (Lipinski definition) is 2. The van der Waals surface area contributed by atoms with E-state index in [9.17, 15) is 9.59 Å². The van der Waals surface area contributed by atoms with Crippen LogP contribution in [-0.4, -0.2) is 54.4 Å². The van der Waals surface area contributed by atoms with Crippen LogP contribution >= 0.6 is 0 Å². The van der Waals surface area contributed by atoms with Crippen LogP contribution in [-0.2, 0) is 9.53 Å². The number of hydrogen-bond acceptors (Lipinski definition) is 3. The maximum Gasteiger partial charge on any atom is 0.326 e. The molecule has 2 atom stereocenters. The quantitative estimate of drug-likeness (QED) is 0.720. The lowest BCUT2D eigenvalue weighted by Gasteiger charge is -2.27. The topological polar surface area (TPSA) is 78.9 Å². The second-order valence-corrected chi connectivity index (χ2v) is 4.58. The first-order valence-electron chi connectivity index (χ1n) is 6.15. The van der Waals surface area contributed by atoms with Gasteiger partial charge in [-0.1, -0.05) is 13.8 Å². The average molecular weight is 260 g/mol. The molecule has 0 spiro atoms. The summed E-state index contributed by atoms with van der Waals surface area (Å²) in [7, 11) is 1.46. The molecule has 0 radical (unpaired) electrons. The van der Waals surface area contributed by atoms with E-state index in [4.69, 9.17) is 9.84 Å². The molecule has 106 valence electrons. The van der Waals surface area contributed by atoms with E-state index in [0.29, 0.717) is 13.2 Å². The Kier molecular flexibility index (Phi) is 7.35. The highest BCUT2D eigenvalue weighted by atomic mass is 16.5. The standard InChI is InChI=1S/C12H24N2O4/c1-6-18-7-10(8(2)3)13-12(17)14(5)9(4)11(15)16/h8-10H,6-7H2,1-5H3,(H,13,17)(H,15,16). The van der Waals surface area contributed by atoms with E-state index < -0.39 is 18.0 Å². The van der Waals surface area contributed by atoms with Gasteiger partial charge < -0.3 is 20.1 Å². The molecular formula is C12H24N2O4. The Bertz CT molecular complexity index is 281. The lowest BCUT2D eigenvalue weighted by atomic mass is 10.1. The summed E-state index contributed by atoms with van der Waals surface area (Å²) in [5, 5.41) is 11.6. The van der Waals surface area contributed by atoms with Gasteiger partial charge in [0.15, 0.2) is 0 Å². The molecule has 0 rings (SSSR count). The van der Waals surface area contributed by atoms with E-state index in [2.05, 4.69) is 5.32 Å². The average Bonchev–Trinajstić information content (AvgIpc) is 2.31. The normalized spacial score (nSPS) is 14.1. The Morgan fingerprint density at radius 1 is 1.33 bits per heavy atom. The van der Waals surface area contributed by atoms with Gasteiger partial charge in [0.05, 0.1) is 12.6 Å². The molecule has 2 unspecified atom stereocenters.